The van der Waals surface area contributed by atoms with Gasteiger partial charge in [-0.05, 0) is 31.4 Å². The Morgan fingerprint density at radius 2 is 2.00 bits per heavy atom. The maximum Gasteiger partial charge on any atom is 0.309 e. The Balaban J connectivity index is 3.82. The summed E-state index contributed by atoms with van der Waals surface area (Å²) < 4.78 is 4.70. The second-order valence-electron chi connectivity index (χ2n) is 4.07. The summed E-state index contributed by atoms with van der Waals surface area (Å²) in [7, 11) is 1.43. The lowest BCUT2D eigenvalue weighted by Crippen LogP contribution is -2.39. The van der Waals surface area contributed by atoms with Gasteiger partial charge in [-0.2, -0.15) is 11.8 Å². The molecule has 0 aromatic carbocycles. The molecule has 0 aromatic heterocycles. The number of carbonyl (C=O) groups is 1. The van der Waals surface area contributed by atoms with E-state index < -0.39 is 0 Å². The smallest absolute Gasteiger partial charge is 0.309 e. The third-order valence-corrected chi connectivity index (χ3v) is 3.46. The van der Waals surface area contributed by atoms with E-state index in [9.17, 15) is 4.79 Å². The van der Waals surface area contributed by atoms with E-state index in [0.717, 1.165) is 12.3 Å². The van der Waals surface area contributed by atoms with Crippen LogP contribution in [0.3, 0.4) is 0 Å². The Morgan fingerprint density at radius 1 is 1.40 bits per heavy atom. The van der Waals surface area contributed by atoms with Crippen LogP contribution in [0.15, 0.2) is 0 Å². The summed E-state index contributed by atoms with van der Waals surface area (Å²) in [5.74, 6) is 1.54. The zero-order chi connectivity index (χ0) is 11.8. The molecule has 0 fully saturated rings. The molecule has 0 bridgehead atoms. The minimum Gasteiger partial charge on any atom is -0.469 e. The van der Waals surface area contributed by atoms with Crippen LogP contribution in [0.5, 0.6) is 0 Å². The van der Waals surface area contributed by atoms with E-state index in [2.05, 4.69) is 18.5 Å². The van der Waals surface area contributed by atoms with E-state index in [1.165, 1.54) is 7.11 Å². The maximum absolute atomic E-state index is 11.3. The monoisotopic (exact) mass is 233 g/mol. The lowest BCUT2D eigenvalue weighted by atomic mass is 10.0. The molecule has 0 spiro atoms. The Labute approximate surface area is 97.3 Å². The number of ether oxygens (including phenoxy) is 1. The average molecular weight is 233 g/mol. The van der Waals surface area contributed by atoms with Crippen LogP contribution in [0.4, 0.5) is 0 Å². The first kappa shape index (κ1) is 14.8. The summed E-state index contributed by atoms with van der Waals surface area (Å²) >= 11 is 1.85. The number of rotatable bonds is 7. The van der Waals surface area contributed by atoms with Crippen LogP contribution in [-0.4, -0.2) is 37.7 Å². The Morgan fingerprint density at radius 3 is 2.47 bits per heavy atom. The molecule has 3 nitrogen and oxygen atoms in total. The van der Waals surface area contributed by atoms with E-state index in [-0.39, 0.29) is 17.9 Å². The highest BCUT2D eigenvalue weighted by molar-refractivity contribution is 7.98. The van der Waals surface area contributed by atoms with Crippen LogP contribution in [-0.2, 0) is 9.53 Å². The van der Waals surface area contributed by atoms with E-state index in [1.807, 2.05) is 25.6 Å². The molecule has 4 heteroatoms. The Kier molecular flexibility index (Phi) is 7.88. The predicted octanol–water partition coefficient (Wildman–Crippen LogP) is 1.77. The molecular formula is C11H23NO2S. The van der Waals surface area contributed by atoms with Gasteiger partial charge in [0.05, 0.1) is 13.0 Å². The van der Waals surface area contributed by atoms with Crippen molar-refractivity contribution in [2.75, 3.05) is 25.7 Å². The van der Waals surface area contributed by atoms with Crippen molar-refractivity contribution in [2.45, 2.75) is 26.8 Å². The Bertz CT molecular complexity index is 187. The van der Waals surface area contributed by atoms with Crippen LogP contribution >= 0.6 is 11.8 Å². The summed E-state index contributed by atoms with van der Waals surface area (Å²) in [6, 6.07) is 0.168. The SMILES string of the molecule is COC(=O)C(C)C(C)NCC(C)CSC. The first-order chi connectivity index (χ1) is 7.02. The lowest BCUT2D eigenvalue weighted by molar-refractivity contribution is -0.145. The summed E-state index contributed by atoms with van der Waals surface area (Å²) in [5, 5.41) is 3.37. The molecule has 0 rings (SSSR count). The van der Waals surface area contributed by atoms with Gasteiger partial charge in [-0.1, -0.05) is 13.8 Å². The molecule has 0 amide bonds. The number of hydrogen-bond donors (Lipinski definition) is 1. The van der Waals surface area contributed by atoms with Gasteiger partial charge in [0.25, 0.3) is 0 Å². The third-order valence-electron chi connectivity index (χ3n) is 2.56. The quantitative estimate of drug-likeness (QED) is 0.680. The molecule has 15 heavy (non-hydrogen) atoms. The van der Waals surface area contributed by atoms with Gasteiger partial charge in [0.15, 0.2) is 0 Å². The van der Waals surface area contributed by atoms with E-state index >= 15 is 0 Å². The van der Waals surface area contributed by atoms with Crippen molar-refractivity contribution in [3.8, 4) is 0 Å². The highest BCUT2D eigenvalue weighted by Crippen LogP contribution is 2.07. The van der Waals surface area contributed by atoms with Crippen LogP contribution < -0.4 is 5.32 Å². The minimum absolute atomic E-state index is 0.0866. The Hall–Kier alpha value is -0.220. The van der Waals surface area contributed by atoms with E-state index in [1.54, 1.807) is 0 Å². The van der Waals surface area contributed by atoms with E-state index in [4.69, 9.17) is 4.74 Å². The number of methoxy groups -OCH3 is 1. The molecule has 0 heterocycles. The summed E-state index contributed by atoms with van der Waals surface area (Å²) in [5.41, 5.74) is 0. The highest BCUT2D eigenvalue weighted by Gasteiger charge is 2.20. The van der Waals surface area contributed by atoms with Crippen molar-refractivity contribution in [1.82, 2.24) is 5.32 Å². The van der Waals surface area contributed by atoms with Crippen molar-refractivity contribution < 1.29 is 9.53 Å². The average Bonchev–Trinajstić information content (AvgIpc) is 2.24. The van der Waals surface area contributed by atoms with Crippen LogP contribution in [0.1, 0.15) is 20.8 Å². The fourth-order valence-corrected chi connectivity index (χ4v) is 1.98. The van der Waals surface area contributed by atoms with Gasteiger partial charge in [-0.15, -0.1) is 0 Å². The second kappa shape index (κ2) is 7.99. The standard InChI is InChI=1S/C11H23NO2S/c1-8(7-15-5)6-12-10(3)9(2)11(13)14-4/h8-10,12H,6-7H2,1-5H3. The van der Waals surface area contributed by atoms with Crippen LogP contribution in [0, 0.1) is 11.8 Å². The van der Waals surface area contributed by atoms with Crippen molar-refractivity contribution >= 4 is 17.7 Å². The molecule has 3 atom stereocenters. The number of nitrogens with one attached hydrogen (secondary N) is 1. The molecule has 0 saturated carbocycles. The van der Waals surface area contributed by atoms with Gasteiger partial charge < -0.3 is 10.1 Å². The molecule has 0 saturated heterocycles. The van der Waals surface area contributed by atoms with Gasteiger partial charge in [-0.3, -0.25) is 4.79 Å². The fraction of sp³-hybridized carbons (Fsp3) is 0.909. The normalized spacial score (nSPS) is 16.9. The molecule has 3 unspecified atom stereocenters. The minimum atomic E-state index is -0.146. The predicted molar refractivity (Wildman–Crippen MR) is 66.2 cm³/mol. The van der Waals surface area contributed by atoms with Gasteiger partial charge in [0, 0.05) is 6.04 Å². The van der Waals surface area contributed by atoms with Gasteiger partial charge in [0.1, 0.15) is 0 Å². The second-order valence-corrected chi connectivity index (χ2v) is 4.98. The van der Waals surface area contributed by atoms with Crippen molar-refractivity contribution in [2.24, 2.45) is 11.8 Å². The van der Waals surface area contributed by atoms with E-state index in [0.29, 0.717) is 5.92 Å². The third kappa shape index (κ3) is 6.05. The van der Waals surface area contributed by atoms with Gasteiger partial charge in [-0.25, -0.2) is 0 Å². The number of thioether (sulfide) groups is 1. The molecule has 0 radical (unpaired) electrons. The number of esters is 1. The first-order valence-electron chi connectivity index (χ1n) is 5.33. The summed E-state index contributed by atoms with van der Waals surface area (Å²) in [6.07, 6.45) is 2.11. The largest absolute Gasteiger partial charge is 0.469 e. The molecule has 0 aliphatic carbocycles. The zero-order valence-electron chi connectivity index (χ0n) is 10.4. The molecule has 90 valence electrons. The zero-order valence-corrected chi connectivity index (χ0v) is 11.2. The molecule has 0 aromatic rings. The molecule has 0 aliphatic rings. The van der Waals surface area contributed by atoms with Gasteiger partial charge in [0.2, 0.25) is 0 Å². The van der Waals surface area contributed by atoms with Crippen LogP contribution in [0.25, 0.3) is 0 Å². The topological polar surface area (TPSA) is 38.3 Å². The van der Waals surface area contributed by atoms with Crippen molar-refractivity contribution in [1.29, 1.82) is 0 Å². The highest BCUT2D eigenvalue weighted by atomic mass is 32.2. The van der Waals surface area contributed by atoms with Gasteiger partial charge >= 0.3 is 5.97 Å². The molecular weight excluding hydrogens is 210 g/mol. The summed E-state index contributed by atoms with van der Waals surface area (Å²) in [4.78, 5) is 11.3. The number of carbonyl (C=O) groups excluding carboxylic acids is 1. The fourth-order valence-electron chi connectivity index (χ4n) is 1.30. The molecule has 1 N–H and O–H groups in total. The number of hydrogen-bond acceptors (Lipinski definition) is 4. The first-order valence-corrected chi connectivity index (χ1v) is 6.72. The lowest BCUT2D eigenvalue weighted by Gasteiger charge is -2.21. The van der Waals surface area contributed by atoms with Crippen molar-refractivity contribution in [3.63, 3.8) is 0 Å². The van der Waals surface area contributed by atoms with Crippen LogP contribution in [0.2, 0.25) is 0 Å². The molecule has 0 aliphatic heterocycles. The summed E-state index contributed by atoms with van der Waals surface area (Å²) in [6.45, 7) is 7.07. The maximum atomic E-state index is 11.3. The van der Waals surface area contributed by atoms with Crippen molar-refractivity contribution in [3.05, 3.63) is 0 Å².